The summed E-state index contributed by atoms with van der Waals surface area (Å²) in [5.41, 5.74) is 1.79. The minimum Gasteiger partial charge on any atom is -0.487 e. The number of benzene rings is 2. The summed E-state index contributed by atoms with van der Waals surface area (Å²) in [6, 6.07) is 17.8. The maximum absolute atomic E-state index is 5.64. The van der Waals surface area contributed by atoms with E-state index in [9.17, 15) is 0 Å². The summed E-state index contributed by atoms with van der Waals surface area (Å²) in [6.07, 6.45) is 1.88. The first kappa shape index (κ1) is 13.1. The number of para-hydroxylation sites is 1. The molecule has 0 radical (unpaired) electrons. The number of hydrogen-bond donors (Lipinski definition) is 0. The summed E-state index contributed by atoms with van der Waals surface area (Å²) in [6.45, 7) is 0.411. The van der Waals surface area contributed by atoms with E-state index in [1.165, 1.54) is 3.57 Å². The second-order valence-electron chi connectivity index (χ2n) is 4.23. The predicted octanol–water partition coefficient (Wildman–Crippen LogP) is 3.45. The maximum Gasteiger partial charge on any atom is 0.134 e. The van der Waals surface area contributed by atoms with Gasteiger partial charge in [-0.25, -0.2) is 4.68 Å². The van der Waals surface area contributed by atoms with Gasteiger partial charge in [0.05, 0.1) is 11.9 Å². The Kier molecular flexibility index (Phi) is 3.96. The second-order valence-corrected chi connectivity index (χ2v) is 5.48. The highest BCUT2D eigenvalue weighted by molar-refractivity contribution is 14.1. The monoisotopic (exact) mass is 377 g/mol. The molecule has 0 aliphatic carbocycles. The third kappa shape index (κ3) is 3.16. The highest BCUT2D eigenvalue weighted by Crippen LogP contribution is 2.13. The average Bonchev–Trinajstić information content (AvgIpc) is 2.96. The molecule has 0 spiro atoms. The Bertz CT molecular complexity index is 680. The molecule has 0 atom stereocenters. The Hall–Kier alpha value is -1.89. The Balaban J connectivity index is 1.69. The average molecular weight is 377 g/mol. The van der Waals surface area contributed by atoms with E-state index < -0.39 is 0 Å². The van der Waals surface area contributed by atoms with Crippen molar-refractivity contribution >= 4 is 22.6 Å². The molecule has 0 fully saturated rings. The van der Waals surface area contributed by atoms with Crippen molar-refractivity contribution in [3.63, 3.8) is 0 Å². The van der Waals surface area contributed by atoms with Gasteiger partial charge in [-0.2, -0.15) is 0 Å². The van der Waals surface area contributed by atoms with Crippen LogP contribution in [0.5, 0.6) is 5.75 Å². The first-order valence-electron chi connectivity index (χ1n) is 6.16. The fraction of sp³-hybridized carbons (Fsp3) is 0.0667. The van der Waals surface area contributed by atoms with Crippen molar-refractivity contribution in [1.82, 2.24) is 15.0 Å². The van der Waals surface area contributed by atoms with Crippen molar-refractivity contribution in [2.45, 2.75) is 6.61 Å². The molecule has 20 heavy (non-hydrogen) atoms. The SMILES string of the molecule is Ic1ccc(-n2cc(COc3ccccc3)nn2)cc1. The lowest BCUT2D eigenvalue weighted by atomic mass is 10.3. The Labute approximate surface area is 130 Å². The van der Waals surface area contributed by atoms with Gasteiger partial charge in [0, 0.05) is 3.57 Å². The van der Waals surface area contributed by atoms with Crippen molar-refractivity contribution in [3.8, 4) is 11.4 Å². The summed E-state index contributed by atoms with van der Waals surface area (Å²) in [5.74, 6) is 0.830. The molecule has 0 unspecified atom stereocenters. The molecule has 0 bridgehead atoms. The number of rotatable bonds is 4. The lowest BCUT2D eigenvalue weighted by molar-refractivity contribution is 0.301. The van der Waals surface area contributed by atoms with Crippen molar-refractivity contribution in [1.29, 1.82) is 0 Å². The van der Waals surface area contributed by atoms with Crippen molar-refractivity contribution in [2.75, 3.05) is 0 Å². The van der Waals surface area contributed by atoms with Crippen LogP contribution >= 0.6 is 22.6 Å². The van der Waals surface area contributed by atoms with Gasteiger partial charge in [0.15, 0.2) is 0 Å². The fourth-order valence-electron chi connectivity index (χ4n) is 1.76. The molecule has 0 saturated heterocycles. The Morgan fingerprint density at radius 2 is 1.75 bits per heavy atom. The molecule has 5 heteroatoms. The lowest BCUT2D eigenvalue weighted by Crippen LogP contribution is -1.95. The molecule has 3 aromatic rings. The first-order valence-corrected chi connectivity index (χ1v) is 7.24. The van der Waals surface area contributed by atoms with Gasteiger partial charge in [-0.1, -0.05) is 23.4 Å². The molecule has 3 rings (SSSR count). The van der Waals surface area contributed by atoms with Crippen LogP contribution in [0.1, 0.15) is 5.69 Å². The van der Waals surface area contributed by atoms with E-state index >= 15 is 0 Å². The van der Waals surface area contributed by atoms with Crippen LogP contribution in [0.4, 0.5) is 0 Å². The third-order valence-electron chi connectivity index (χ3n) is 2.76. The number of halogens is 1. The van der Waals surface area contributed by atoms with Crippen LogP contribution in [0.25, 0.3) is 5.69 Å². The number of aromatic nitrogens is 3. The van der Waals surface area contributed by atoms with E-state index in [4.69, 9.17) is 4.74 Å². The van der Waals surface area contributed by atoms with Crippen molar-refractivity contribution in [2.24, 2.45) is 0 Å². The van der Waals surface area contributed by atoms with E-state index in [2.05, 4.69) is 32.9 Å². The van der Waals surface area contributed by atoms with Gasteiger partial charge < -0.3 is 4.74 Å². The normalized spacial score (nSPS) is 10.4. The van der Waals surface area contributed by atoms with E-state index in [0.29, 0.717) is 6.61 Å². The highest BCUT2D eigenvalue weighted by Gasteiger charge is 2.03. The minimum absolute atomic E-state index is 0.411. The van der Waals surface area contributed by atoms with Crippen molar-refractivity contribution in [3.05, 3.63) is 70.1 Å². The van der Waals surface area contributed by atoms with Crippen LogP contribution in [0.3, 0.4) is 0 Å². The van der Waals surface area contributed by atoms with Gasteiger partial charge >= 0.3 is 0 Å². The fourth-order valence-corrected chi connectivity index (χ4v) is 2.12. The molecule has 100 valence electrons. The maximum atomic E-state index is 5.64. The van der Waals surface area contributed by atoms with Gasteiger partial charge in [0.25, 0.3) is 0 Å². The molecular weight excluding hydrogens is 365 g/mol. The molecule has 2 aromatic carbocycles. The molecular formula is C15H12IN3O. The third-order valence-corrected chi connectivity index (χ3v) is 3.48. The van der Waals surface area contributed by atoms with Crippen LogP contribution < -0.4 is 4.74 Å². The zero-order valence-electron chi connectivity index (χ0n) is 10.6. The molecule has 0 aliphatic rings. The van der Waals surface area contributed by atoms with Gasteiger partial charge in [-0.3, -0.25) is 0 Å². The van der Waals surface area contributed by atoms with E-state index in [1.54, 1.807) is 4.68 Å². The number of hydrogen-bond acceptors (Lipinski definition) is 3. The topological polar surface area (TPSA) is 39.9 Å². The van der Waals surface area contributed by atoms with E-state index in [1.807, 2.05) is 60.8 Å². The van der Waals surface area contributed by atoms with Crippen LogP contribution in [-0.2, 0) is 6.61 Å². The molecule has 0 saturated carbocycles. The Morgan fingerprint density at radius 1 is 1.00 bits per heavy atom. The van der Waals surface area contributed by atoms with Crippen LogP contribution in [0.15, 0.2) is 60.8 Å². The number of nitrogens with zero attached hydrogens (tertiary/aromatic N) is 3. The molecule has 0 aliphatic heterocycles. The molecule has 4 nitrogen and oxygen atoms in total. The zero-order valence-corrected chi connectivity index (χ0v) is 12.8. The predicted molar refractivity (Wildman–Crippen MR) is 84.9 cm³/mol. The summed E-state index contributed by atoms with van der Waals surface area (Å²) in [4.78, 5) is 0. The Morgan fingerprint density at radius 3 is 2.50 bits per heavy atom. The first-order chi connectivity index (χ1) is 9.81. The quantitative estimate of drug-likeness (QED) is 0.654. The number of ether oxygens (including phenoxy) is 1. The van der Waals surface area contributed by atoms with E-state index in [0.717, 1.165) is 17.1 Å². The smallest absolute Gasteiger partial charge is 0.134 e. The van der Waals surface area contributed by atoms with Gasteiger partial charge in [-0.05, 0) is 59.0 Å². The highest BCUT2D eigenvalue weighted by atomic mass is 127. The molecule has 1 aromatic heterocycles. The summed E-state index contributed by atoms with van der Waals surface area (Å²) < 4.78 is 8.59. The van der Waals surface area contributed by atoms with Gasteiger partial charge in [0.1, 0.15) is 18.1 Å². The summed E-state index contributed by atoms with van der Waals surface area (Å²) >= 11 is 2.28. The summed E-state index contributed by atoms with van der Waals surface area (Å²) in [5, 5.41) is 8.23. The molecule has 1 heterocycles. The minimum atomic E-state index is 0.411. The summed E-state index contributed by atoms with van der Waals surface area (Å²) in [7, 11) is 0. The lowest BCUT2D eigenvalue weighted by Gasteiger charge is -2.02. The van der Waals surface area contributed by atoms with Crippen LogP contribution in [0, 0.1) is 3.57 Å². The van der Waals surface area contributed by atoms with Gasteiger partial charge in [-0.15, -0.1) is 5.10 Å². The molecule has 0 N–H and O–H groups in total. The van der Waals surface area contributed by atoms with Crippen LogP contribution in [0.2, 0.25) is 0 Å². The molecule has 0 amide bonds. The van der Waals surface area contributed by atoms with E-state index in [-0.39, 0.29) is 0 Å². The van der Waals surface area contributed by atoms with Crippen LogP contribution in [-0.4, -0.2) is 15.0 Å². The zero-order chi connectivity index (χ0) is 13.8. The largest absolute Gasteiger partial charge is 0.487 e. The second kappa shape index (κ2) is 6.04. The van der Waals surface area contributed by atoms with Crippen molar-refractivity contribution < 1.29 is 4.74 Å². The van der Waals surface area contributed by atoms with Gasteiger partial charge in [0.2, 0.25) is 0 Å². The standard InChI is InChI=1S/C15H12IN3O/c16-12-6-8-14(9-7-12)19-10-13(17-18-19)11-20-15-4-2-1-3-5-15/h1-10H,11H2.